The molecule has 1 aromatic carbocycles. The molecule has 0 radical (unpaired) electrons. The molecule has 16 heteroatoms. The van der Waals surface area contributed by atoms with Gasteiger partial charge in [-0.2, -0.15) is 10.1 Å². The second-order valence-electron chi connectivity index (χ2n) is 19.6. The van der Waals surface area contributed by atoms with E-state index in [4.69, 9.17) is 28.4 Å². The predicted molar refractivity (Wildman–Crippen MR) is 228 cm³/mol. The number of anilines is 1. The van der Waals surface area contributed by atoms with Crippen molar-refractivity contribution < 1.29 is 58.4 Å². The Morgan fingerprint density at radius 1 is 1.02 bits per heavy atom. The Kier molecular flexibility index (Phi) is 10.6. The van der Waals surface area contributed by atoms with Crippen molar-refractivity contribution in [3.05, 3.63) is 64.0 Å². The van der Waals surface area contributed by atoms with Crippen molar-refractivity contribution in [1.82, 2.24) is 14.8 Å². The molecule has 1 aromatic heterocycles. The highest BCUT2D eigenvalue weighted by Gasteiger charge is 2.86. The molecule has 13 atom stereocenters. The van der Waals surface area contributed by atoms with Crippen LogP contribution in [0.3, 0.4) is 0 Å². The Bertz CT molecular complexity index is 2340. The minimum Gasteiger partial charge on any atom is -0.482 e. The lowest BCUT2D eigenvalue weighted by Gasteiger charge is -2.66. The average Bonchev–Trinajstić information content (AvgIpc) is 3.77. The molecule has 2 saturated heterocycles. The van der Waals surface area contributed by atoms with Gasteiger partial charge >= 0.3 is 5.97 Å². The number of carbonyl (C=O) groups excluding carboxylic acids is 2. The van der Waals surface area contributed by atoms with Crippen LogP contribution in [0.5, 0.6) is 17.2 Å². The molecule has 5 fully saturated rings. The van der Waals surface area contributed by atoms with Crippen LogP contribution in [-0.2, 0) is 30.2 Å². The van der Waals surface area contributed by atoms with Crippen LogP contribution in [0.2, 0.25) is 0 Å². The van der Waals surface area contributed by atoms with E-state index in [1.807, 2.05) is 46.8 Å². The molecular weight excluding hydrogens is 813 g/mol. The molecule has 8 aliphatic rings. The number of aromatic nitrogens is 3. The third kappa shape index (κ3) is 6.37. The molecule has 6 heterocycles. The predicted octanol–water partition coefficient (Wildman–Crippen LogP) is 4.61. The van der Waals surface area contributed by atoms with Gasteiger partial charge in [-0.05, 0) is 93.2 Å². The van der Waals surface area contributed by atoms with Crippen LogP contribution in [0.4, 0.5) is 5.95 Å². The summed E-state index contributed by atoms with van der Waals surface area (Å²) < 4.78 is 41.9. The molecule has 5 aliphatic heterocycles. The van der Waals surface area contributed by atoms with Crippen molar-refractivity contribution in [3.63, 3.8) is 0 Å². The third-order valence-corrected chi connectivity index (χ3v) is 14.7. The Morgan fingerprint density at radius 2 is 1.76 bits per heavy atom. The largest absolute Gasteiger partial charge is 0.482 e. The summed E-state index contributed by atoms with van der Waals surface area (Å²) in [7, 11) is 1.32. The van der Waals surface area contributed by atoms with Crippen molar-refractivity contribution in [2.24, 2.45) is 17.8 Å². The van der Waals surface area contributed by atoms with E-state index < -0.39 is 89.6 Å². The van der Waals surface area contributed by atoms with Crippen molar-refractivity contribution in [1.29, 1.82) is 0 Å². The smallest absolute Gasteiger partial charge is 0.333 e. The molecule has 3 saturated carbocycles. The van der Waals surface area contributed by atoms with Gasteiger partial charge in [0.1, 0.15) is 53.6 Å². The van der Waals surface area contributed by atoms with Gasteiger partial charge in [0, 0.05) is 29.4 Å². The van der Waals surface area contributed by atoms with E-state index in [9.17, 15) is 25.2 Å². The normalized spacial score (nSPS) is 37.3. The SMILES string of the molecule is COC(=O)/C(C)=C\CC12OC(C)(C)C3CC(C1=O)C1C4C(Nc5ncnn51)c1c(O[C@@H]5O[C@H](CO)[C@@H](O)[C@H](O)[C@H]5O)c5c(c(CC=C(C)C)c1OC432)OC(C)(CCC=C(C)C)C=C5. The topological polar surface area (TPSA) is 213 Å². The Morgan fingerprint density at radius 3 is 2.46 bits per heavy atom. The van der Waals surface area contributed by atoms with Gasteiger partial charge in [-0.3, -0.25) is 4.79 Å². The first-order chi connectivity index (χ1) is 29.8. The van der Waals surface area contributed by atoms with Crippen LogP contribution >= 0.6 is 0 Å². The maximum Gasteiger partial charge on any atom is 0.333 e. The number of ether oxygens (including phenoxy) is 6. The van der Waals surface area contributed by atoms with E-state index in [0.29, 0.717) is 59.0 Å². The third-order valence-electron chi connectivity index (χ3n) is 14.7. The maximum atomic E-state index is 15.5. The summed E-state index contributed by atoms with van der Waals surface area (Å²) in [5, 5.41) is 51.8. The van der Waals surface area contributed by atoms with Gasteiger partial charge in [0.05, 0.1) is 48.4 Å². The lowest BCUT2D eigenvalue weighted by molar-refractivity contribution is -0.278. The number of methoxy groups -OCH3 is 1. The maximum absolute atomic E-state index is 15.5. The van der Waals surface area contributed by atoms with Gasteiger partial charge in [-0.1, -0.05) is 29.4 Å². The van der Waals surface area contributed by atoms with E-state index in [1.54, 1.807) is 17.7 Å². The number of esters is 1. The number of hydrogen-bond donors (Lipinski definition) is 5. The summed E-state index contributed by atoms with van der Waals surface area (Å²) in [4.78, 5) is 33.0. The molecule has 16 nitrogen and oxygen atoms in total. The number of rotatable bonds is 11. The van der Waals surface area contributed by atoms with Gasteiger partial charge in [0.25, 0.3) is 0 Å². The summed E-state index contributed by atoms with van der Waals surface area (Å²) in [6.45, 7) is 15.1. The number of aliphatic hydroxyl groups is 4. The molecule has 5 N–H and O–H groups in total. The summed E-state index contributed by atoms with van der Waals surface area (Å²) in [6, 6.07) is -1.23. The first-order valence-electron chi connectivity index (χ1n) is 22.0. The Balaban J connectivity index is 1.34. The number of fused-ring (bicyclic) bond motifs is 4. The van der Waals surface area contributed by atoms with Crippen molar-refractivity contribution in [3.8, 4) is 17.2 Å². The summed E-state index contributed by atoms with van der Waals surface area (Å²) in [5.41, 5.74) is -0.245. The van der Waals surface area contributed by atoms with Gasteiger partial charge < -0.3 is 54.2 Å². The minimum absolute atomic E-state index is 0.0306. The molecule has 1 spiro atoms. The first-order valence-corrected chi connectivity index (χ1v) is 22.0. The van der Waals surface area contributed by atoms with E-state index >= 15 is 4.79 Å². The van der Waals surface area contributed by atoms with Crippen LogP contribution in [0.25, 0.3) is 6.08 Å². The number of nitrogens with zero attached hydrogens (tertiary/aromatic N) is 3. The van der Waals surface area contributed by atoms with Gasteiger partial charge in [0.2, 0.25) is 12.2 Å². The van der Waals surface area contributed by atoms with Gasteiger partial charge in [0.15, 0.2) is 17.0 Å². The molecule has 3 aliphatic carbocycles. The highest BCUT2D eigenvalue weighted by atomic mass is 16.7. The zero-order valence-corrected chi connectivity index (χ0v) is 37.4. The monoisotopic (exact) mass is 872 g/mol. The number of aliphatic hydroxyl groups excluding tert-OH is 4. The number of nitrogens with one attached hydrogen (secondary N) is 1. The zero-order valence-electron chi connectivity index (χ0n) is 37.4. The standard InChI is InChI=1S/C47H60N4O12/c1-22(2)11-10-16-45(8)17-15-26-37(61-45)25(13-12-23(3)4)39-30(38(26)60-42-36(55)35(54)34(53)28(20-52)59-42)32-31-33(51-43(50-32)48-21-49-51)27-19-29-44(6,7)63-46(40(27)56,47(29,31)62-39)18-14-24(5)41(57)58-9/h11-12,14-15,17,21,27-29,31-36,42,52-55H,10,13,16,18-20H2,1-9H3,(H,48,49,50)/b24-14-/t27?,28-,29?,31?,32?,33?,34-,35+,36-,42+,45?,46?,47?/m1/s1. The van der Waals surface area contributed by atoms with Crippen molar-refractivity contribution >= 4 is 23.8 Å². The first kappa shape index (κ1) is 43.7. The number of benzene rings is 1. The number of carbonyl (C=O) groups is 2. The summed E-state index contributed by atoms with van der Waals surface area (Å²) >= 11 is 0. The van der Waals surface area contributed by atoms with Crippen LogP contribution < -0.4 is 19.5 Å². The van der Waals surface area contributed by atoms with Gasteiger partial charge in [-0.15, -0.1) is 0 Å². The molecule has 340 valence electrons. The number of hydrogen-bond acceptors (Lipinski definition) is 15. The van der Waals surface area contributed by atoms with E-state index in [2.05, 4.69) is 41.4 Å². The zero-order chi connectivity index (χ0) is 45.1. The summed E-state index contributed by atoms with van der Waals surface area (Å²) in [5.74, 6) is -0.596. The van der Waals surface area contributed by atoms with Crippen LogP contribution in [-0.4, -0.2) is 114 Å². The van der Waals surface area contributed by atoms with E-state index in [-0.39, 0.29) is 23.9 Å². The lowest BCUT2D eigenvalue weighted by atomic mass is 9.44. The molecular formula is C47H60N4O12. The Hall–Kier alpha value is -4.58. The molecule has 0 amide bonds. The number of allylic oxidation sites excluding steroid dienone is 4. The van der Waals surface area contributed by atoms with Crippen LogP contribution in [0.1, 0.15) is 110 Å². The fraction of sp³-hybridized carbons (Fsp3) is 0.617. The second kappa shape index (κ2) is 15.3. The fourth-order valence-electron chi connectivity index (χ4n) is 11.8. The molecule has 10 rings (SSSR count). The van der Waals surface area contributed by atoms with Crippen molar-refractivity contribution in [2.45, 2.75) is 153 Å². The van der Waals surface area contributed by atoms with Gasteiger partial charge in [-0.25, -0.2) is 9.48 Å². The van der Waals surface area contributed by atoms with Crippen LogP contribution in [0.15, 0.2) is 47.4 Å². The Labute approximate surface area is 366 Å². The van der Waals surface area contributed by atoms with Crippen molar-refractivity contribution in [2.75, 3.05) is 19.0 Å². The second-order valence-corrected chi connectivity index (χ2v) is 19.6. The highest BCUT2D eigenvalue weighted by molar-refractivity contribution is 5.96. The van der Waals surface area contributed by atoms with E-state index in [1.165, 1.54) is 19.0 Å². The molecule has 2 aromatic rings. The summed E-state index contributed by atoms with van der Waals surface area (Å²) in [6.07, 6.45) is 5.75. The average molecular weight is 873 g/mol. The number of ketones is 1. The lowest BCUT2D eigenvalue weighted by Crippen LogP contribution is -2.79. The number of Topliss-reactive ketones (excluding diaryl/α,β-unsaturated/α-hetero) is 1. The molecule has 4 bridgehead atoms. The van der Waals surface area contributed by atoms with Crippen LogP contribution in [0, 0.1) is 17.8 Å². The quantitative estimate of drug-likeness (QED) is 0.119. The highest BCUT2D eigenvalue weighted by Crippen LogP contribution is 2.75. The minimum atomic E-state index is -1.73. The van der Waals surface area contributed by atoms with E-state index in [0.717, 1.165) is 12.0 Å². The molecule has 8 unspecified atom stereocenters. The molecule has 63 heavy (non-hydrogen) atoms. The fourth-order valence-corrected chi connectivity index (χ4v) is 11.8.